The first-order valence-electron chi connectivity index (χ1n) is 4.59. The third-order valence-electron chi connectivity index (χ3n) is 2.09. The zero-order chi connectivity index (χ0) is 11.1. The lowest BCUT2D eigenvalue weighted by atomic mass is 10.2. The van der Waals surface area contributed by atoms with Crippen LogP contribution in [0.15, 0.2) is 12.1 Å². The van der Waals surface area contributed by atoms with Gasteiger partial charge >= 0.3 is 0 Å². The third-order valence-corrected chi connectivity index (χ3v) is 2.45. The molecule has 0 saturated carbocycles. The van der Waals surface area contributed by atoms with Crippen LogP contribution >= 0.6 is 11.6 Å². The topological polar surface area (TPSA) is 50.7 Å². The molecular formula is C10H12ClNO3. The van der Waals surface area contributed by atoms with E-state index < -0.39 is 5.79 Å². The molecule has 0 atom stereocenters. The summed E-state index contributed by atoms with van der Waals surface area (Å²) in [7, 11) is 0. The first-order valence-corrected chi connectivity index (χ1v) is 4.97. The van der Waals surface area contributed by atoms with Crippen molar-refractivity contribution in [3.8, 4) is 11.5 Å². The molecule has 1 aromatic carbocycles. The average Bonchev–Trinajstić information content (AvgIpc) is 2.39. The van der Waals surface area contributed by atoms with E-state index in [-0.39, 0.29) is 6.54 Å². The van der Waals surface area contributed by atoms with Crippen molar-refractivity contribution < 1.29 is 14.7 Å². The van der Waals surface area contributed by atoms with Gasteiger partial charge in [0, 0.05) is 31.5 Å². The fourth-order valence-electron chi connectivity index (χ4n) is 1.51. The molecule has 0 saturated heterocycles. The Morgan fingerprint density at radius 1 is 1.33 bits per heavy atom. The van der Waals surface area contributed by atoms with E-state index in [0.717, 1.165) is 5.56 Å². The molecule has 0 aliphatic carbocycles. The molecule has 0 bridgehead atoms. The Morgan fingerprint density at radius 2 is 1.93 bits per heavy atom. The van der Waals surface area contributed by atoms with E-state index in [1.807, 2.05) is 13.8 Å². The number of nitrogens with one attached hydrogen (secondary N) is 1. The molecule has 0 aromatic heterocycles. The van der Waals surface area contributed by atoms with Gasteiger partial charge in [-0.1, -0.05) is 11.6 Å². The standard InChI is InChI=1S/C10H12ClNO3/c1-10(2)14-8-3-6(5-12-13)7(11)4-9(8)15-10/h3-4,12-13H,5H2,1-2H3. The third kappa shape index (κ3) is 2.02. The minimum Gasteiger partial charge on any atom is -0.449 e. The summed E-state index contributed by atoms with van der Waals surface area (Å²) < 4.78 is 11.1. The van der Waals surface area contributed by atoms with E-state index >= 15 is 0 Å². The van der Waals surface area contributed by atoms with E-state index in [1.54, 1.807) is 12.1 Å². The predicted molar refractivity (Wildman–Crippen MR) is 55.4 cm³/mol. The highest BCUT2D eigenvalue weighted by Gasteiger charge is 2.32. The number of fused-ring (bicyclic) bond motifs is 1. The smallest absolute Gasteiger partial charge is 0.246 e. The summed E-state index contributed by atoms with van der Waals surface area (Å²) >= 11 is 5.99. The monoisotopic (exact) mass is 229 g/mol. The van der Waals surface area contributed by atoms with Crippen LogP contribution in [0.2, 0.25) is 5.02 Å². The molecule has 0 radical (unpaired) electrons. The Kier molecular flexibility index (Phi) is 2.50. The largest absolute Gasteiger partial charge is 0.449 e. The molecule has 2 N–H and O–H groups in total. The second-order valence-corrected chi connectivity index (χ2v) is 4.24. The molecule has 5 heteroatoms. The van der Waals surface area contributed by atoms with E-state index in [4.69, 9.17) is 26.3 Å². The second-order valence-electron chi connectivity index (χ2n) is 3.83. The fourth-order valence-corrected chi connectivity index (χ4v) is 1.73. The molecule has 0 fully saturated rings. The highest BCUT2D eigenvalue weighted by molar-refractivity contribution is 6.31. The van der Waals surface area contributed by atoms with Gasteiger partial charge in [-0.3, -0.25) is 0 Å². The molecule has 15 heavy (non-hydrogen) atoms. The average molecular weight is 230 g/mol. The molecule has 1 aromatic rings. The van der Waals surface area contributed by atoms with E-state index in [2.05, 4.69) is 5.48 Å². The zero-order valence-electron chi connectivity index (χ0n) is 8.50. The Bertz CT molecular complexity index is 392. The maximum absolute atomic E-state index is 8.61. The van der Waals surface area contributed by atoms with Gasteiger partial charge < -0.3 is 14.7 Å². The molecule has 0 unspecified atom stereocenters. The molecular weight excluding hydrogens is 218 g/mol. The number of benzene rings is 1. The van der Waals surface area contributed by atoms with Crippen LogP contribution in [0.1, 0.15) is 19.4 Å². The van der Waals surface area contributed by atoms with Gasteiger partial charge in [0.2, 0.25) is 5.79 Å². The van der Waals surface area contributed by atoms with Gasteiger partial charge in [-0.15, -0.1) is 0 Å². The summed E-state index contributed by atoms with van der Waals surface area (Å²) in [4.78, 5) is 0. The Balaban J connectivity index is 2.36. The van der Waals surface area contributed by atoms with Crippen LogP contribution in [0.4, 0.5) is 0 Å². The van der Waals surface area contributed by atoms with Crippen LogP contribution in [0, 0.1) is 0 Å². The molecule has 4 nitrogen and oxygen atoms in total. The lowest BCUT2D eigenvalue weighted by Gasteiger charge is -2.16. The fraction of sp³-hybridized carbons (Fsp3) is 0.400. The van der Waals surface area contributed by atoms with Gasteiger partial charge in [0.05, 0.1) is 0 Å². The normalized spacial score (nSPS) is 16.8. The van der Waals surface area contributed by atoms with Gasteiger partial charge in [0.25, 0.3) is 0 Å². The number of halogens is 1. The van der Waals surface area contributed by atoms with Gasteiger partial charge in [-0.2, -0.15) is 0 Å². The Morgan fingerprint density at radius 3 is 2.53 bits per heavy atom. The number of hydroxylamine groups is 1. The van der Waals surface area contributed by atoms with Crippen LogP contribution < -0.4 is 15.0 Å². The van der Waals surface area contributed by atoms with Crippen molar-refractivity contribution in [2.45, 2.75) is 26.2 Å². The minimum absolute atomic E-state index is 0.274. The van der Waals surface area contributed by atoms with Crippen molar-refractivity contribution >= 4 is 11.6 Å². The lowest BCUT2D eigenvalue weighted by Crippen LogP contribution is -2.29. The van der Waals surface area contributed by atoms with Gasteiger partial charge in [0.1, 0.15) is 0 Å². The molecule has 0 spiro atoms. The number of rotatable bonds is 2. The van der Waals surface area contributed by atoms with Crippen LogP contribution in [0.3, 0.4) is 0 Å². The first kappa shape index (κ1) is 10.5. The SMILES string of the molecule is CC1(C)Oc2cc(Cl)c(CNO)cc2O1. The molecule has 1 aliphatic rings. The number of hydrogen-bond acceptors (Lipinski definition) is 4. The maximum Gasteiger partial charge on any atom is 0.246 e. The zero-order valence-corrected chi connectivity index (χ0v) is 9.26. The van der Waals surface area contributed by atoms with E-state index in [0.29, 0.717) is 16.5 Å². The second kappa shape index (κ2) is 3.56. The van der Waals surface area contributed by atoms with Gasteiger partial charge in [-0.05, 0) is 11.6 Å². The highest BCUT2D eigenvalue weighted by atomic mass is 35.5. The molecule has 0 amide bonds. The van der Waals surface area contributed by atoms with Crippen molar-refractivity contribution in [1.29, 1.82) is 0 Å². The van der Waals surface area contributed by atoms with Gasteiger partial charge in [0.15, 0.2) is 11.5 Å². The minimum atomic E-state index is -0.656. The van der Waals surface area contributed by atoms with Crippen molar-refractivity contribution in [2.24, 2.45) is 0 Å². The van der Waals surface area contributed by atoms with Crippen molar-refractivity contribution in [3.05, 3.63) is 22.7 Å². The summed E-state index contributed by atoms with van der Waals surface area (Å²) in [6, 6.07) is 3.45. The number of ether oxygens (including phenoxy) is 2. The summed E-state index contributed by atoms with van der Waals surface area (Å²) in [6.07, 6.45) is 0. The summed E-state index contributed by atoms with van der Waals surface area (Å²) in [5, 5.41) is 9.15. The maximum atomic E-state index is 8.61. The van der Waals surface area contributed by atoms with Crippen LogP contribution in [-0.4, -0.2) is 11.0 Å². The van der Waals surface area contributed by atoms with Crippen LogP contribution in [0.5, 0.6) is 11.5 Å². The van der Waals surface area contributed by atoms with Crippen molar-refractivity contribution in [2.75, 3.05) is 0 Å². The van der Waals surface area contributed by atoms with Gasteiger partial charge in [-0.25, -0.2) is 5.48 Å². The first-order chi connectivity index (χ1) is 7.02. The molecule has 1 aliphatic heterocycles. The summed E-state index contributed by atoms with van der Waals surface area (Å²) in [5.74, 6) is 0.623. The highest BCUT2D eigenvalue weighted by Crippen LogP contribution is 2.42. The molecule has 2 rings (SSSR count). The number of hydrogen-bond donors (Lipinski definition) is 2. The van der Waals surface area contributed by atoms with Crippen LogP contribution in [-0.2, 0) is 6.54 Å². The molecule has 1 heterocycles. The summed E-state index contributed by atoms with van der Waals surface area (Å²) in [6.45, 7) is 3.92. The van der Waals surface area contributed by atoms with Crippen molar-refractivity contribution in [3.63, 3.8) is 0 Å². The predicted octanol–water partition coefficient (Wildman–Crippen LogP) is 2.33. The van der Waals surface area contributed by atoms with Crippen molar-refractivity contribution in [1.82, 2.24) is 5.48 Å². The Labute approximate surface area is 92.7 Å². The molecule has 82 valence electrons. The van der Waals surface area contributed by atoms with E-state index in [9.17, 15) is 0 Å². The Hall–Kier alpha value is -0.970. The quantitative estimate of drug-likeness (QED) is 0.765. The summed E-state index contributed by atoms with van der Waals surface area (Å²) in [5.41, 5.74) is 2.82. The van der Waals surface area contributed by atoms with Crippen LogP contribution in [0.25, 0.3) is 0 Å². The lowest BCUT2D eigenvalue weighted by molar-refractivity contribution is -0.0431. The van der Waals surface area contributed by atoms with E-state index in [1.165, 1.54) is 0 Å².